The third kappa shape index (κ3) is 3.80. The number of carbonyl (C=O) groups is 2. The third-order valence-electron chi connectivity index (χ3n) is 3.11. The van der Waals surface area contributed by atoms with Crippen molar-refractivity contribution < 1.29 is 19.6 Å². The second-order valence-corrected chi connectivity index (χ2v) is 4.69. The molecule has 1 aromatic heterocycles. The quantitative estimate of drug-likeness (QED) is 0.459. The first-order valence-electron chi connectivity index (χ1n) is 6.71. The Morgan fingerprint density at radius 2 is 2.17 bits per heavy atom. The molecule has 0 radical (unpaired) electrons. The Morgan fingerprint density at radius 3 is 2.83 bits per heavy atom. The molecule has 1 aromatic carbocycles. The first kappa shape index (κ1) is 16.8. The van der Waals surface area contributed by atoms with Crippen molar-refractivity contribution in [2.24, 2.45) is 5.10 Å². The molecular weight excluding hydrogens is 318 g/mol. The van der Waals surface area contributed by atoms with Crippen molar-refractivity contribution in [3.63, 3.8) is 0 Å². The van der Waals surface area contributed by atoms with Crippen molar-refractivity contribution in [2.45, 2.75) is 13.5 Å². The van der Waals surface area contributed by atoms with Crippen molar-refractivity contribution in [2.75, 3.05) is 0 Å². The maximum Gasteiger partial charge on any atom is 0.343 e. The van der Waals surface area contributed by atoms with Crippen LogP contribution in [0.3, 0.4) is 0 Å². The van der Waals surface area contributed by atoms with Crippen molar-refractivity contribution in [3.8, 4) is 0 Å². The Bertz CT molecular complexity index is 827. The summed E-state index contributed by atoms with van der Waals surface area (Å²) < 4.78 is 1.13. The van der Waals surface area contributed by atoms with Gasteiger partial charge in [-0.15, -0.1) is 0 Å². The average Bonchev–Trinajstić information content (AvgIpc) is 2.89. The predicted molar refractivity (Wildman–Crippen MR) is 82.8 cm³/mol. The molecule has 1 amide bonds. The van der Waals surface area contributed by atoms with E-state index in [-0.39, 0.29) is 17.9 Å². The van der Waals surface area contributed by atoms with E-state index in [4.69, 9.17) is 5.11 Å². The lowest BCUT2D eigenvalue weighted by molar-refractivity contribution is -0.392. The van der Waals surface area contributed by atoms with E-state index in [1.165, 1.54) is 25.3 Å². The fraction of sp³-hybridized carbons (Fsp3) is 0.143. The number of nitrogens with one attached hydrogen (secondary N) is 1. The van der Waals surface area contributed by atoms with Gasteiger partial charge in [-0.1, -0.05) is 18.2 Å². The first-order chi connectivity index (χ1) is 11.4. The number of amides is 1. The van der Waals surface area contributed by atoms with Gasteiger partial charge in [-0.25, -0.2) is 19.8 Å². The summed E-state index contributed by atoms with van der Waals surface area (Å²) in [7, 11) is 0. The van der Waals surface area contributed by atoms with E-state index in [1.54, 1.807) is 12.1 Å². The Labute approximate surface area is 135 Å². The molecule has 2 rings (SSSR count). The smallest absolute Gasteiger partial charge is 0.343 e. The number of nitro groups is 1. The zero-order valence-corrected chi connectivity index (χ0v) is 12.5. The molecule has 0 unspecified atom stereocenters. The molecular formula is C14H13N5O5. The zero-order valence-electron chi connectivity index (χ0n) is 12.5. The van der Waals surface area contributed by atoms with Gasteiger partial charge >= 0.3 is 11.8 Å². The van der Waals surface area contributed by atoms with Gasteiger partial charge in [0.2, 0.25) is 0 Å². The fourth-order valence-electron chi connectivity index (χ4n) is 1.95. The van der Waals surface area contributed by atoms with Gasteiger partial charge in [0.15, 0.2) is 12.4 Å². The van der Waals surface area contributed by atoms with Crippen LogP contribution in [0.15, 0.2) is 35.6 Å². The topological polar surface area (TPSA) is 140 Å². The Morgan fingerprint density at radius 1 is 1.46 bits per heavy atom. The maximum atomic E-state index is 11.8. The lowest BCUT2D eigenvalue weighted by Crippen LogP contribution is -2.24. The highest BCUT2D eigenvalue weighted by atomic mass is 16.6. The Hall–Kier alpha value is -3.56. The van der Waals surface area contributed by atoms with E-state index >= 15 is 0 Å². The second kappa shape index (κ2) is 7.13. The van der Waals surface area contributed by atoms with Gasteiger partial charge in [-0.3, -0.25) is 4.79 Å². The normalized spacial score (nSPS) is 10.7. The van der Waals surface area contributed by atoms with E-state index in [0.717, 1.165) is 10.8 Å². The van der Waals surface area contributed by atoms with E-state index in [9.17, 15) is 19.7 Å². The number of carbonyl (C=O) groups excluding carboxylic acids is 1. The lowest BCUT2D eigenvalue weighted by atomic mass is 10.1. The SMILES string of the molecule is Cc1ncc([N+](=O)[O-])n1CC(=O)N/N=C\c1ccccc1C(=O)O. The molecule has 2 N–H and O–H groups in total. The predicted octanol–water partition coefficient (Wildman–Crippen LogP) is 0.948. The van der Waals surface area contributed by atoms with Gasteiger partial charge in [0.05, 0.1) is 11.8 Å². The van der Waals surface area contributed by atoms with Crippen molar-refractivity contribution in [1.82, 2.24) is 15.0 Å². The van der Waals surface area contributed by atoms with Crippen molar-refractivity contribution >= 4 is 23.9 Å². The summed E-state index contributed by atoms with van der Waals surface area (Å²) in [4.78, 5) is 36.9. The minimum atomic E-state index is -1.12. The number of nitrogens with zero attached hydrogens (tertiary/aromatic N) is 4. The van der Waals surface area contributed by atoms with Gasteiger partial charge in [-0.2, -0.15) is 5.10 Å². The van der Waals surface area contributed by atoms with Crippen LogP contribution in [-0.4, -0.2) is 37.7 Å². The van der Waals surface area contributed by atoms with Crippen molar-refractivity contribution in [1.29, 1.82) is 0 Å². The average molecular weight is 331 g/mol. The molecule has 10 nitrogen and oxygen atoms in total. The van der Waals surface area contributed by atoms with Crippen LogP contribution in [0.5, 0.6) is 0 Å². The molecule has 2 aromatic rings. The number of hydrogen-bond donors (Lipinski definition) is 2. The number of aromatic carboxylic acids is 1. The van der Waals surface area contributed by atoms with Crippen LogP contribution < -0.4 is 5.43 Å². The molecule has 0 aliphatic carbocycles. The van der Waals surface area contributed by atoms with E-state index in [1.807, 2.05) is 0 Å². The van der Waals surface area contributed by atoms with Gasteiger partial charge in [-0.05, 0) is 11.0 Å². The number of rotatable bonds is 6. The van der Waals surface area contributed by atoms with Crippen molar-refractivity contribution in [3.05, 3.63) is 57.5 Å². The highest BCUT2D eigenvalue weighted by Gasteiger charge is 2.19. The second-order valence-electron chi connectivity index (χ2n) is 4.69. The standard InChI is InChI=1S/C14H13N5O5/c1-9-15-7-13(19(23)24)18(9)8-12(20)17-16-6-10-4-2-3-5-11(10)14(21)22/h2-7H,8H2,1H3,(H,17,20)(H,21,22)/b16-6-. The molecule has 0 bridgehead atoms. The van der Waals surface area contributed by atoms with E-state index in [2.05, 4.69) is 15.5 Å². The summed E-state index contributed by atoms with van der Waals surface area (Å²) >= 11 is 0. The molecule has 0 atom stereocenters. The molecule has 1 heterocycles. The molecule has 124 valence electrons. The summed E-state index contributed by atoms with van der Waals surface area (Å²) in [5, 5.41) is 23.6. The highest BCUT2D eigenvalue weighted by Crippen LogP contribution is 2.13. The minimum Gasteiger partial charge on any atom is -0.478 e. The maximum absolute atomic E-state index is 11.8. The number of aryl methyl sites for hydroxylation is 1. The van der Waals surface area contributed by atoms with Crippen LogP contribution in [0, 0.1) is 17.0 Å². The number of hydrogen-bond acceptors (Lipinski definition) is 6. The van der Waals surface area contributed by atoms with Crippen LogP contribution in [0.1, 0.15) is 21.7 Å². The monoisotopic (exact) mass is 331 g/mol. The molecule has 0 spiro atoms. The number of carboxylic acid groups (broad SMARTS) is 1. The zero-order chi connectivity index (χ0) is 17.7. The molecule has 0 fully saturated rings. The Balaban J connectivity index is 2.06. The summed E-state index contributed by atoms with van der Waals surface area (Å²) in [6, 6.07) is 6.14. The summed E-state index contributed by atoms with van der Waals surface area (Å²) in [6.07, 6.45) is 2.26. The van der Waals surface area contributed by atoms with Crippen LogP contribution in [0.2, 0.25) is 0 Å². The van der Waals surface area contributed by atoms with E-state index < -0.39 is 16.8 Å². The molecule has 0 saturated heterocycles. The van der Waals surface area contributed by atoms with Crippen LogP contribution in [0.4, 0.5) is 5.82 Å². The molecule has 0 saturated carbocycles. The molecule has 0 aliphatic rings. The van der Waals surface area contributed by atoms with Gasteiger partial charge < -0.3 is 15.2 Å². The van der Waals surface area contributed by atoms with Gasteiger partial charge in [0, 0.05) is 12.5 Å². The third-order valence-corrected chi connectivity index (χ3v) is 3.11. The number of carboxylic acids is 1. The van der Waals surface area contributed by atoms with Crippen LogP contribution >= 0.6 is 0 Å². The summed E-state index contributed by atoms with van der Waals surface area (Å²) in [5.74, 6) is -1.71. The molecule has 0 aliphatic heterocycles. The number of imidazole rings is 1. The molecule has 24 heavy (non-hydrogen) atoms. The van der Waals surface area contributed by atoms with Crippen LogP contribution in [-0.2, 0) is 11.3 Å². The van der Waals surface area contributed by atoms with Gasteiger partial charge in [0.1, 0.15) is 6.20 Å². The fourth-order valence-corrected chi connectivity index (χ4v) is 1.95. The number of benzene rings is 1. The minimum absolute atomic E-state index is 0.0385. The summed E-state index contributed by atoms with van der Waals surface area (Å²) in [6.45, 7) is 1.20. The van der Waals surface area contributed by atoms with Gasteiger partial charge in [0.25, 0.3) is 5.91 Å². The largest absolute Gasteiger partial charge is 0.478 e. The molecule has 10 heteroatoms. The van der Waals surface area contributed by atoms with Crippen LogP contribution in [0.25, 0.3) is 0 Å². The highest BCUT2D eigenvalue weighted by molar-refractivity contribution is 5.98. The lowest BCUT2D eigenvalue weighted by Gasteiger charge is -2.02. The first-order valence-corrected chi connectivity index (χ1v) is 6.71. The Kier molecular flexibility index (Phi) is 5.00. The van der Waals surface area contributed by atoms with E-state index in [0.29, 0.717) is 11.4 Å². The number of aromatic nitrogens is 2. The summed E-state index contributed by atoms with van der Waals surface area (Å²) in [5.41, 5.74) is 2.55. The number of hydrazone groups is 1.